The molecular formula is C16H16N2O5. The summed E-state index contributed by atoms with van der Waals surface area (Å²) in [5.41, 5.74) is 0.891. The van der Waals surface area contributed by atoms with Gasteiger partial charge in [-0.25, -0.2) is 0 Å². The summed E-state index contributed by atoms with van der Waals surface area (Å²) >= 11 is 0. The largest absolute Gasteiger partial charge is 0.491 e. The number of methoxy groups -OCH3 is 1. The van der Waals surface area contributed by atoms with Gasteiger partial charge in [-0.15, -0.1) is 0 Å². The highest BCUT2D eigenvalue weighted by molar-refractivity contribution is 6.04. The lowest BCUT2D eigenvalue weighted by Crippen LogP contribution is -2.11. The Balaban J connectivity index is 1.95. The van der Waals surface area contributed by atoms with E-state index in [1.54, 1.807) is 31.4 Å². The van der Waals surface area contributed by atoms with Crippen LogP contribution in [0.5, 0.6) is 5.75 Å². The van der Waals surface area contributed by atoms with E-state index in [-0.39, 0.29) is 11.6 Å². The molecule has 0 saturated heterocycles. The SMILES string of the molecule is COCCOc1ccc(NC(=O)c2ccc([N+](=O)[O-])cc2)cc1. The summed E-state index contributed by atoms with van der Waals surface area (Å²) in [4.78, 5) is 22.1. The van der Waals surface area contributed by atoms with Gasteiger partial charge in [0.05, 0.1) is 11.5 Å². The Morgan fingerprint density at radius 2 is 1.74 bits per heavy atom. The van der Waals surface area contributed by atoms with Crippen molar-refractivity contribution in [3.05, 3.63) is 64.2 Å². The van der Waals surface area contributed by atoms with Gasteiger partial charge >= 0.3 is 0 Å². The number of non-ortho nitro benzene ring substituents is 1. The number of amides is 1. The molecular weight excluding hydrogens is 300 g/mol. The predicted octanol–water partition coefficient (Wildman–Crippen LogP) is 2.87. The average molecular weight is 316 g/mol. The first-order chi connectivity index (χ1) is 11.1. The monoisotopic (exact) mass is 316 g/mol. The molecule has 7 nitrogen and oxygen atoms in total. The van der Waals surface area contributed by atoms with Crippen LogP contribution in [0.3, 0.4) is 0 Å². The minimum Gasteiger partial charge on any atom is -0.491 e. The molecule has 0 spiro atoms. The van der Waals surface area contributed by atoms with E-state index in [2.05, 4.69) is 5.32 Å². The molecule has 0 aliphatic rings. The number of carbonyl (C=O) groups is 1. The fraction of sp³-hybridized carbons (Fsp3) is 0.188. The Kier molecular flexibility index (Phi) is 5.65. The average Bonchev–Trinajstić information content (AvgIpc) is 2.56. The van der Waals surface area contributed by atoms with Gasteiger partial charge in [-0.3, -0.25) is 14.9 Å². The Bertz CT molecular complexity index is 668. The Morgan fingerprint density at radius 1 is 1.09 bits per heavy atom. The highest BCUT2D eigenvalue weighted by Gasteiger charge is 2.09. The molecule has 0 saturated carbocycles. The summed E-state index contributed by atoms with van der Waals surface area (Å²) in [6.45, 7) is 0.948. The Hall–Kier alpha value is -2.93. The van der Waals surface area contributed by atoms with Gasteiger partial charge in [-0.1, -0.05) is 0 Å². The summed E-state index contributed by atoms with van der Waals surface area (Å²) in [6, 6.07) is 12.3. The van der Waals surface area contributed by atoms with Crippen LogP contribution in [0.4, 0.5) is 11.4 Å². The number of nitrogens with one attached hydrogen (secondary N) is 1. The summed E-state index contributed by atoms with van der Waals surface area (Å²) < 4.78 is 10.3. The van der Waals surface area contributed by atoms with E-state index in [4.69, 9.17) is 9.47 Å². The molecule has 2 aromatic rings. The second-order valence-corrected chi connectivity index (χ2v) is 4.62. The van der Waals surface area contributed by atoms with Gasteiger partial charge in [-0.2, -0.15) is 0 Å². The van der Waals surface area contributed by atoms with Crippen LogP contribution in [0.1, 0.15) is 10.4 Å². The fourth-order valence-electron chi connectivity index (χ4n) is 1.82. The van der Waals surface area contributed by atoms with Crippen LogP contribution in [-0.2, 0) is 4.74 Å². The number of nitrogens with zero attached hydrogens (tertiary/aromatic N) is 1. The van der Waals surface area contributed by atoms with E-state index >= 15 is 0 Å². The van der Waals surface area contributed by atoms with E-state index in [1.807, 2.05) is 0 Å². The summed E-state index contributed by atoms with van der Waals surface area (Å²) in [6.07, 6.45) is 0. The van der Waals surface area contributed by atoms with Crippen LogP contribution in [-0.4, -0.2) is 31.2 Å². The minimum absolute atomic E-state index is 0.0564. The van der Waals surface area contributed by atoms with Crippen LogP contribution in [0.15, 0.2) is 48.5 Å². The lowest BCUT2D eigenvalue weighted by molar-refractivity contribution is -0.384. The van der Waals surface area contributed by atoms with E-state index in [0.717, 1.165) is 0 Å². The molecule has 1 amide bonds. The number of hydrogen-bond acceptors (Lipinski definition) is 5. The molecule has 0 heterocycles. The van der Waals surface area contributed by atoms with Crippen LogP contribution >= 0.6 is 0 Å². The van der Waals surface area contributed by atoms with Gasteiger partial charge in [-0.05, 0) is 36.4 Å². The van der Waals surface area contributed by atoms with Crippen molar-refractivity contribution >= 4 is 17.3 Å². The van der Waals surface area contributed by atoms with Crippen LogP contribution in [0, 0.1) is 10.1 Å². The summed E-state index contributed by atoms with van der Waals surface area (Å²) in [5.74, 6) is 0.336. The lowest BCUT2D eigenvalue weighted by atomic mass is 10.2. The second kappa shape index (κ2) is 7.90. The quantitative estimate of drug-likeness (QED) is 0.482. The normalized spacial score (nSPS) is 10.1. The number of ether oxygens (including phenoxy) is 2. The number of benzene rings is 2. The summed E-state index contributed by atoms with van der Waals surface area (Å²) in [5, 5.41) is 13.3. The second-order valence-electron chi connectivity index (χ2n) is 4.62. The first-order valence-electron chi connectivity index (χ1n) is 6.88. The van der Waals surface area contributed by atoms with Gasteiger partial charge < -0.3 is 14.8 Å². The number of hydrogen-bond donors (Lipinski definition) is 1. The van der Waals surface area contributed by atoms with E-state index < -0.39 is 4.92 Å². The molecule has 0 unspecified atom stereocenters. The van der Waals surface area contributed by atoms with Gasteiger partial charge in [0.25, 0.3) is 11.6 Å². The molecule has 2 rings (SSSR count). The number of anilines is 1. The molecule has 0 aliphatic heterocycles. The molecule has 1 N–H and O–H groups in total. The van der Waals surface area contributed by atoms with Crippen molar-refractivity contribution in [1.29, 1.82) is 0 Å². The third kappa shape index (κ3) is 4.79. The zero-order valence-electron chi connectivity index (χ0n) is 12.5. The lowest BCUT2D eigenvalue weighted by Gasteiger charge is -2.08. The van der Waals surface area contributed by atoms with Crippen molar-refractivity contribution in [3.8, 4) is 5.75 Å². The minimum atomic E-state index is -0.510. The van der Waals surface area contributed by atoms with Crippen molar-refractivity contribution in [2.24, 2.45) is 0 Å². The molecule has 0 fully saturated rings. The maximum absolute atomic E-state index is 12.1. The van der Waals surface area contributed by atoms with Crippen molar-refractivity contribution in [1.82, 2.24) is 0 Å². The Morgan fingerprint density at radius 3 is 2.30 bits per heavy atom. The zero-order chi connectivity index (χ0) is 16.7. The standard InChI is InChI=1S/C16H16N2O5/c1-22-10-11-23-15-8-4-13(5-9-15)17-16(19)12-2-6-14(7-3-12)18(20)21/h2-9H,10-11H2,1H3,(H,17,19). The van der Waals surface area contributed by atoms with Crippen LogP contribution in [0.25, 0.3) is 0 Å². The smallest absolute Gasteiger partial charge is 0.269 e. The van der Waals surface area contributed by atoms with Gasteiger partial charge in [0, 0.05) is 30.5 Å². The molecule has 0 radical (unpaired) electrons. The molecule has 2 aromatic carbocycles. The predicted molar refractivity (Wildman–Crippen MR) is 84.9 cm³/mol. The summed E-state index contributed by atoms with van der Waals surface area (Å²) in [7, 11) is 1.60. The number of nitro groups is 1. The van der Waals surface area contributed by atoms with Gasteiger partial charge in [0.1, 0.15) is 12.4 Å². The molecule has 7 heteroatoms. The van der Waals surface area contributed by atoms with E-state index in [0.29, 0.717) is 30.2 Å². The maximum atomic E-state index is 12.1. The topological polar surface area (TPSA) is 90.7 Å². The maximum Gasteiger partial charge on any atom is 0.269 e. The molecule has 0 atom stereocenters. The molecule has 0 bridgehead atoms. The molecule has 23 heavy (non-hydrogen) atoms. The third-order valence-corrected chi connectivity index (χ3v) is 3.01. The van der Waals surface area contributed by atoms with E-state index in [9.17, 15) is 14.9 Å². The number of rotatable bonds is 7. The first kappa shape index (κ1) is 16.4. The van der Waals surface area contributed by atoms with E-state index in [1.165, 1.54) is 24.3 Å². The first-order valence-corrected chi connectivity index (χ1v) is 6.88. The molecule has 0 aromatic heterocycles. The van der Waals surface area contributed by atoms with Crippen molar-refractivity contribution in [2.75, 3.05) is 25.6 Å². The number of carbonyl (C=O) groups excluding carboxylic acids is 1. The van der Waals surface area contributed by atoms with Crippen LogP contribution in [0.2, 0.25) is 0 Å². The molecule has 120 valence electrons. The zero-order valence-corrected chi connectivity index (χ0v) is 12.5. The third-order valence-electron chi connectivity index (χ3n) is 3.01. The van der Waals surface area contributed by atoms with Crippen molar-refractivity contribution in [2.45, 2.75) is 0 Å². The van der Waals surface area contributed by atoms with Gasteiger partial charge in [0.2, 0.25) is 0 Å². The Labute approximate surface area is 133 Å². The van der Waals surface area contributed by atoms with Crippen LogP contribution < -0.4 is 10.1 Å². The fourth-order valence-corrected chi connectivity index (χ4v) is 1.82. The molecule has 0 aliphatic carbocycles. The number of nitro benzene ring substituents is 1. The highest BCUT2D eigenvalue weighted by atomic mass is 16.6. The van der Waals surface area contributed by atoms with Crippen molar-refractivity contribution < 1.29 is 19.2 Å². The van der Waals surface area contributed by atoms with Gasteiger partial charge in [0.15, 0.2) is 0 Å². The highest BCUT2D eigenvalue weighted by Crippen LogP contribution is 2.17. The van der Waals surface area contributed by atoms with Crippen molar-refractivity contribution in [3.63, 3.8) is 0 Å².